The summed E-state index contributed by atoms with van der Waals surface area (Å²) in [4.78, 5) is 33.1. The van der Waals surface area contributed by atoms with Crippen molar-refractivity contribution in [3.63, 3.8) is 0 Å². The van der Waals surface area contributed by atoms with E-state index >= 15 is 0 Å². The molecule has 0 spiro atoms. The first-order valence-electron chi connectivity index (χ1n) is 8.77. The lowest BCUT2D eigenvalue weighted by Gasteiger charge is -2.18. The van der Waals surface area contributed by atoms with E-state index in [-0.39, 0.29) is 11.4 Å². The van der Waals surface area contributed by atoms with Crippen LogP contribution in [0.15, 0.2) is 67.0 Å². The van der Waals surface area contributed by atoms with Gasteiger partial charge in [0.25, 0.3) is 5.91 Å². The quantitative estimate of drug-likeness (QED) is 0.627. The molecule has 0 bridgehead atoms. The van der Waals surface area contributed by atoms with Gasteiger partial charge < -0.3 is 10.1 Å². The molecule has 9 heteroatoms. The molecule has 0 saturated heterocycles. The summed E-state index contributed by atoms with van der Waals surface area (Å²) in [7, 11) is 0. The van der Waals surface area contributed by atoms with Crippen LogP contribution in [-0.4, -0.2) is 21.8 Å². The van der Waals surface area contributed by atoms with Gasteiger partial charge >= 0.3 is 12.1 Å². The van der Waals surface area contributed by atoms with Crippen LogP contribution in [0.1, 0.15) is 33.4 Å². The summed E-state index contributed by atoms with van der Waals surface area (Å²) in [6, 6.07) is 12.3. The van der Waals surface area contributed by atoms with Crippen LogP contribution in [0, 0.1) is 6.92 Å². The van der Waals surface area contributed by atoms with Crippen LogP contribution in [-0.2, 0) is 15.7 Å². The number of carbonyl (C=O) groups is 2. The molecule has 6 nitrogen and oxygen atoms in total. The number of carbonyl (C=O) groups excluding carboxylic acids is 2. The molecule has 0 aliphatic heterocycles. The van der Waals surface area contributed by atoms with E-state index in [1.807, 2.05) is 0 Å². The number of nitrogens with one attached hydrogen (secondary N) is 1. The van der Waals surface area contributed by atoms with E-state index in [9.17, 15) is 22.8 Å². The van der Waals surface area contributed by atoms with Crippen LogP contribution in [0.25, 0.3) is 0 Å². The molecular weight excluding hydrogens is 399 g/mol. The Morgan fingerprint density at radius 1 is 1.00 bits per heavy atom. The normalized spacial score (nSPS) is 12.1. The van der Waals surface area contributed by atoms with Crippen LogP contribution in [0.5, 0.6) is 0 Å². The van der Waals surface area contributed by atoms with Crippen molar-refractivity contribution >= 4 is 17.6 Å². The van der Waals surface area contributed by atoms with Crippen LogP contribution >= 0.6 is 0 Å². The van der Waals surface area contributed by atoms with Gasteiger partial charge in [0.15, 0.2) is 5.69 Å². The van der Waals surface area contributed by atoms with E-state index in [1.165, 1.54) is 24.5 Å². The van der Waals surface area contributed by atoms with Crippen LogP contribution < -0.4 is 5.32 Å². The Morgan fingerprint density at radius 3 is 2.37 bits per heavy atom. The van der Waals surface area contributed by atoms with Gasteiger partial charge in [-0.05, 0) is 25.1 Å². The topological polar surface area (TPSA) is 81.2 Å². The number of nitrogens with zero attached hydrogens (tertiary/aromatic N) is 2. The molecule has 1 aromatic heterocycles. The first-order valence-corrected chi connectivity index (χ1v) is 8.77. The molecule has 3 rings (SSSR count). The number of anilines is 1. The molecule has 154 valence electrons. The van der Waals surface area contributed by atoms with Crippen LogP contribution in [0.4, 0.5) is 18.9 Å². The SMILES string of the molecule is Cc1cnc(C(=O)O[C@@H](C(=O)Nc2cccc(C(F)(F)F)c2)c2ccccc2)cn1. The second-order valence-electron chi connectivity index (χ2n) is 6.31. The maximum atomic E-state index is 12.9. The highest BCUT2D eigenvalue weighted by atomic mass is 19.4. The van der Waals surface area contributed by atoms with Gasteiger partial charge in [-0.25, -0.2) is 9.78 Å². The molecule has 1 N–H and O–H groups in total. The number of hydrogen-bond donors (Lipinski definition) is 1. The largest absolute Gasteiger partial charge is 0.443 e. The van der Waals surface area contributed by atoms with Gasteiger partial charge in [0.05, 0.1) is 17.5 Å². The van der Waals surface area contributed by atoms with Gasteiger partial charge in [-0.2, -0.15) is 13.2 Å². The third kappa shape index (κ3) is 5.19. The Morgan fingerprint density at radius 2 is 1.73 bits per heavy atom. The van der Waals surface area contributed by atoms with E-state index in [0.717, 1.165) is 12.1 Å². The number of amides is 1. The van der Waals surface area contributed by atoms with Crippen LogP contribution in [0.2, 0.25) is 0 Å². The third-order valence-electron chi connectivity index (χ3n) is 4.01. The zero-order valence-electron chi connectivity index (χ0n) is 15.7. The van der Waals surface area contributed by atoms with E-state index < -0.39 is 29.7 Å². The monoisotopic (exact) mass is 415 g/mol. The molecular formula is C21H16F3N3O3. The Hall–Kier alpha value is -3.75. The molecule has 1 amide bonds. The zero-order valence-corrected chi connectivity index (χ0v) is 15.7. The minimum atomic E-state index is -4.56. The van der Waals surface area contributed by atoms with Gasteiger partial charge in [-0.1, -0.05) is 36.4 Å². The second-order valence-corrected chi connectivity index (χ2v) is 6.31. The van der Waals surface area contributed by atoms with Crippen molar-refractivity contribution < 1.29 is 27.5 Å². The van der Waals surface area contributed by atoms with Gasteiger partial charge in [-0.15, -0.1) is 0 Å². The number of halogens is 3. The molecule has 0 aliphatic carbocycles. The van der Waals surface area contributed by atoms with Crippen LogP contribution in [0.3, 0.4) is 0 Å². The smallest absolute Gasteiger partial charge is 0.416 e. The number of alkyl halides is 3. The molecule has 3 aromatic rings. The molecule has 0 aliphatic rings. The maximum Gasteiger partial charge on any atom is 0.416 e. The average Bonchev–Trinajstić information content (AvgIpc) is 2.72. The summed E-state index contributed by atoms with van der Waals surface area (Å²) in [5.41, 5.74) is -0.164. The number of hydrogen-bond acceptors (Lipinski definition) is 5. The van der Waals surface area contributed by atoms with Crippen molar-refractivity contribution in [1.29, 1.82) is 0 Å². The summed E-state index contributed by atoms with van der Waals surface area (Å²) in [6.07, 6.45) is -3.38. The van der Waals surface area contributed by atoms with Gasteiger partial charge in [0.1, 0.15) is 0 Å². The minimum Gasteiger partial charge on any atom is -0.443 e. The molecule has 30 heavy (non-hydrogen) atoms. The summed E-state index contributed by atoms with van der Waals surface area (Å²) < 4.78 is 44.1. The van der Waals surface area contributed by atoms with Crippen molar-refractivity contribution in [2.24, 2.45) is 0 Å². The summed E-state index contributed by atoms with van der Waals surface area (Å²) in [5, 5.41) is 2.37. The first kappa shape index (κ1) is 21.0. The maximum absolute atomic E-state index is 12.9. The predicted molar refractivity (Wildman–Crippen MR) is 101 cm³/mol. The van der Waals surface area contributed by atoms with Crippen molar-refractivity contribution in [3.05, 3.63) is 89.5 Å². The van der Waals surface area contributed by atoms with E-state index in [0.29, 0.717) is 11.3 Å². The molecule has 0 radical (unpaired) electrons. The lowest BCUT2D eigenvalue weighted by atomic mass is 10.1. The van der Waals surface area contributed by atoms with Crippen molar-refractivity contribution in [1.82, 2.24) is 9.97 Å². The van der Waals surface area contributed by atoms with Crippen molar-refractivity contribution in [2.75, 3.05) is 5.32 Å². The van der Waals surface area contributed by atoms with Gasteiger partial charge in [0, 0.05) is 17.4 Å². The first-order chi connectivity index (χ1) is 14.2. The fraction of sp³-hybridized carbons (Fsp3) is 0.143. The highest BCUT2D eigenvalue weighted by Crippen LogP contribution is 2.31. The Bertz CT molecular complexity index is 1040. The molecule has 0 saturated carbocycles. The van der Waals surface area contributed by atoms with Crippen molar-refractivity contribution in [2.45, 2.75) is 19.2 Å². The lowest BCUT2D eigenvalue weighted by Crippen LogP contribution is -2.26. The standard InChI is InChI=1S/C21H16F3N3O3/c1-13-11-26-17(12-25-13)20(29)30-18(14-6-3-2-4-7-14)19(28)27-16-9-5-8-15(10-16)21(22,23)24/h2-12,18H,1H3,(H,27,28)/t18-/m1/s1. The third-order valence-corrected chi connectivity index (χ3v) is 4.01. The number of benzene rings is 2. The molecule has 0 fully saturated rings. The Labute approximate surface area is 169 Å². The van der Waals surface area contributed by atoms with E-state index in [4.69, 9.17) is 4.74 Å². The Balaban J connectivity index is 1.85. The number of aryl methyl sites for hydroxylation is 1. The molecule has 0 unspecified atom stereocenters. The highest BCUT2D eigenvalue weighted by Gasteiger charge is 2.31. The predicted octanol–water partition coefficient (Wildman–Crippen LogP) is 4.34. The fourth-order valence-corrected chi connectivity index (χ4v) is 2.55. The molecule has 2 aromatic carbocycles. The second kappa shape index (κ2) is 8.73. The Kier molecular flexibility index (Phi) is 6.10. The van der Waals surface area contributed by atoms with E-state index in [1.54, 1.807) is 37.3 Å². The summed E-state index contributed by atoms with van der Waals surface area (Å²) >= 11 is 0. The van der Waals surface area contributed by atoms with Gasteiger partial charge in [-0.3, -0.25) is 9.78 Å². The minimum absolute atomic E-state index is 0.0815. The molecule has 1 atom stereocenters. The van der Waals surface area contributed by atoms with Gasteiger partial charge in [0.2, 0.25) is 6.10 Å². The zero-order chi connectivity index (χ0) is 21.7. The lowest BCUT2D eigenvalue weighted by molar-refractivity contribution is -0.137. The fourth-order valence-electron chi connectivity index (χ4n) is 2.55. The number of rotatable bonds is 5. The number of ether oxygens (including phenoxy) is 1. The van der Waals surface area contributed by atoms with Crippen molar-refractivity contribution in [3.8, 4) is 0 Å². The highest BCUT2D eigenvalue weighted by molar-refractivity contribution is 5.97. The number of esters is 1. The number of aromatic nitrogens is 2. The average molecular weight is 415 g/mol. The van der Waals surface area contributed by atoms with E-state index in [2.05, 4.69) is 15.3 Å². The summed E-state index contributed by atoms with van der Waals surface area (Å²) in [6.45, 7) is 1.69. The summed E-state index contributed by atoms with van der Waals surface area (Å²) in [5.74, 6) is -1.70. The molecule has 1 heterocycles.